The standard InChI is InChI=1S/C30H37N3O5S/c1-22-16-18-24(19-17-22)20-32(23(2)29(35)31-30(3,4)5)28(34)21-33(26-14-10-11-15-27(26)38-6)39(36,37)25-12-8-7-9-13-25/h7-19,23H,20-21H2,1-6H3,(H,31,35). The molecule has 0 heterocycles. The fraction of sp³-hybridized carbons (Fsp3) is 0.333. The summed E-state index contributed by atoms with van der Waals surface area (Å²) in [5, 5.41) is 2.92. The highest BCUT2D eigenvalue weighted by atomic mass is 32.2. The zero-order valence-corrected chi connectivity index (χ0v) is 24.2. The normalized spacial score (nSPS) is 12.4. The van der Waals surface area contributed by atoms with Crippen LogP contribution in [0.5, 0.6) is 5.75 Å². The molecule has 0 aromatic heterocycles. The topological polar surface area (TPSA) is 96.0 Å². The number of amides is 2. The number of sulfonamides is 1. The predicted octanol–water partition coefficient (Wildman–Crippen LogP) is 4.53. The largest absolute Gasteiger partial charge is 0.495 e. The first kappa shape index (κ1) is 29.7. The van der Waals surface area contributed by atoms with Gasteiger partial charge in [-0.2, -0.15) is 0 Å². The maximum Gasteiger partial charge on any atom is 0.264 e. The van der Waals surface area contributed by atoms with Crippen LogP contribution in [0.2, 0.25) is 0 Å². The van der Waals surface area contributed by atoms with Gasteiger partial charge in [-0.25, -0.2) is 8.42 Å². The Morgan fingerprint density at radius 3 is 2.10 bits per heavy atom. The predicted molar refractivity (Wildman–Crippen MR) is 153 cm³/mol. The van der Waals surface area contributed by atoms with Gasteiger partial charge in [-0.3, -0.25) is 13.9 Å². The third kappa shape index (κ3) is 7.60. The number of rotatable bonds is 10. The van der Waals surface area contributed by atoms with Crippen molar-refractivity contribution in [3.63, 3.8) is 0 Å². The molecule has 0 aliphatic heterocycles. The molecule has 9 heteroatoms. The van der Waals surface area contributed by atoms with Crippen molar-refractivity contribution in [1.29, 1.82) is 0 Å². The van der Waals surface area contributed by atoms with Gasteiger partial charge < -0.3 is 15.0 Å². The Bertz CT molecular complexity index is 1380. The minimum absolute atomic E-state index is 0.0346. The van der Waals surface area contributed by atoms with Gasteiger partial charge in [0.2, 0.25) is 11.8 Å². The van der Waals surface area contributed by atoms with E-state index in [9.17, 15) is 18.0 Å². The number of carbonyl (C=O) groups excluding carboxylic acids is 2. The number of carbonyl (C=O) groups is 2. The van der Waals surface area contributed by atoms with Gasteiger partial charge in [0.15, 0.2) is 0 Å². The molecule has 1 atom stereocenters. The number of aryl methyl sites for hydroxylation is 1. The lowest BCUT2D eigenvalue weighted by Gasteiger charge is -2.33. The first-order valence-corrected chi connectivity index (χ1v) is 14.2. The lowest BCUT2D eigenvalue weighted by Crippen LogP contribution is -2.54. The van der Waals surface area contributed by atoms with E-state index in [1.807, 2.05) is 52.0 Å². The summed E-state index contributed by atoms with van der Waals surface area (Å²) in [6, 6.07) is 21.3. The quantitative estimate of drug-likeness (QED) is 0.399. The molecule has 0 radical (unpaired) electrons. The number of ether oxygens (including phenoxy) is 1. The molecule has 0 spiro atoms. The molecule has 39 heavy (non-hydrogen) atoms. The van der Waals surface area contributed by atoms with E-state index in [1.54, 1.807) is 49.4 Å². The van der Waals surface area contributed by atoms with Crippen LogP contribution >= 0.6 is 0 Å². The summed E-state index contributed by atoms with van der Waals surface area (Å²) in [6.45, 7) is 8.79. The van der Waals surface area contributed by atoms with Gasteiger partial charge in [0.25, 0.3) is 10.0 Å². The van der Waals surface area contributed by atoms with Gasteiger partial charge in [0.1, 0.15) is 18.3 Å². The van der Waals surface area contributed by atoms with Crippen molar-refractivity contribution in [1.82, 2.24) is 10.2 Å². The van der Waals surface area contributed by atoms with Gasteiger partial charge in [0, 0.05) is 12.1 Å². The Kier molecular flexibility index (Phi) is 9.40. The van der Waals surface area contributed by atoms with E-state index in [4.69, 9.17) is 4.74 Å². The molecule has 2 amide bonds. The second-order valence-electron chi connectivity index (χ2n) is 10.4. The highest BCUT2D eigenvalue weighted by molar-refractivity contribution is 7.92. The van der Waals surface area contributed by atoms with E-state index in [2.05, 4.69) is 5.32 Å². The van der Waals surface area contributed by atoms with Crippen molar-refractivity contribution >= 4 is 27.5 Å². The van der Waals surface area contributed by atoms with Gasteiger partial charge >= 0.3 is 0 Å². The molecule has 0 saturated heterocycles. The van der Waals surface area contributed by atoms with Crippen molar-refractivity contribution < 1.29 is 22.7 Å². The summed E-state index contributed by atoms with van der Waals surface area (Å²) in [6.07, 6.45) is 0. The van der Waals surface area contributed by atoms with Crippen LogP contribution in [0.15, 0.2) is 83.8 Å². The molecular weight excluding hydrogens is 514 g/mol. The lowest BCUT2D eigenvalue weighted by molar-refractivity contribution is -0.140. The first-order chi connectivity index (χ1) is 18.3. The second-order valence-corrected chi connectivity index (χ2v) is 12.3. The molecule has 3 aromatic carbocycles. The van der Waals surface area contributed by atoms with Crippen LogP contribution in [-0.4, -0.2) is 50.4 Å². The number of nitrogens with one attached hydrogen (secondary N) is 1. The van der Waals surface area contributed by atoms with Gasteiger partial charge in [0.05, 0.1) is 17.7 Å². The van der Waals surface area contributed by atoms with Gasteiger partial charge in [-0.05, 0) is 64.4 Å². The van der Waals surface area contributed by atoms with Gasteiger partial charge in [-0.1, -0.05) is 60.2 Å². The molecule has 3 aromatic rings. The van der Waals surface area contributed by atoms with Crippen LogP contribution in [0.25, 0.3) is 0 Å². The summed E-state index contributed by atoms with van der Waals surface area (Å²) < 4.78 is 34.2. The molecule has 8 nitrogen and oxygen atoms in total. The third-order valence-electron chi connectivity index (χ3n) is 6.10. The Labute approximate surface area is 231 Å². The van der Waals surface area contributed by atoms with Crippen LogP contribution in [-0.2, 0) is 26.2 Å². The Morgan fingerprint density at radius 1 is 0.923 bits per heavy atom. The number of methoxy groups -OCH3 is 1. The number of benzene rings is 3. The van der Waals surface area contributed by atoms with Crippen molar-refractivity contribution in [3.8, 4) is 5.75 Å². The Morgan fingerprint density at radius 2 is 1.51 bits per heavy atom. The van der Waals surface area contributed by atoms with E-state index in [0.717, 1.165) is 15.4 Å². The van der Waals surface area contributed by atoms with E-state index in [0.29, 0.717) is 5.75 Å². The maximum atomic E-state index is 14.0. The molecule has 0 aliphatic rings. The second kappa shape index (κ2) is 12.3. The van der Waals surface area contributed by atoms with Crippen molar-refractivity contribution in [2.24, 2.45) is 0 Å². The lowest BCUT2D eigenvalue weighted by atomic mass is 10.1. The van der Waals surface area contributed by atoms with Crippen LogP contribution in [0, 0.1) is 6.92 Å². The molecule has 1 N–H and O–H groups in total. The van der Waals surface area contributed by atoms with Crippen LogP contribution in [0.3, 0.4) is 0 Å². The molecule has 1 unspecified atom stereocenters. The van der Waals surface area contributed by atoms with Crippen molar-refractivity contribution in [2.75, 3.05) is 18.0 Å². The highest BCUT2D eigenvalue weighted by Crippen LogP contribution is 2.32. The number of hydrogen-bond acceptors (Lipinski definition) is 5. The van der Waals surface area contributed by atoms with Gasteiger partial charge in [-0.15, -0.1) is 0 Å². The number of anilines is 1. The zero-order chi connectivity index (χ0) is 28.8. The van der Waals surface area contributed by atoms with E-state index in [-0.39, 0.29) is 23.0 Å². The number of hydrogen-bond donors (Lipinski definition) is 1. The Hall–Kier alpha value is -3.85. The van der Waals surface area contributed by atoms with E-state index < -0.39 is 34.1 Å². The summed E-state index contributed by atoms with van der Waals surface area (Å²) in [4.78, 5) is 28.6. The average Bonchev–Trinajstić information content (AvgIpc) is 2.90. The first-order valence-electron chi connectivity index (χ1n) is 12.7. The average molecular weight is 552 g/mol. The fourth-order valence-electron chi connectivity index (χ4n) is 4.02. The Balaban J connectivity index is 2.06. The summed E-state index contributed by atoms with van der Waals surface area (Å²) in [7, 11) is -2.72. The van der Waals surface area contributed by atoms with Crippen LogP contribution in [0.4, 0.5) is 5.69 Å². The van der Waals surface area contributed by atoms with E-state index in [1.165, 1.54) is 24.1 Å². The SMILES string of the molecule is COc1ccccc1N(CC(=O)N(Cc1ccc(C)cc1)C(C)C(=O)NC(C)(C)C)S(=O)(=O)c1ccccc1. The summed E-state index contributed by atoms with van der Waals surface area (Å²) in [5.41, 5.74) is 1.59. The van der Waals surface area contributed by atoms with Crippen molar-refractivity contribution in [3.05, 3.63) is 90.0 Å². The molecular formula is C30H37N3O5S. The van der Waals surface area contributed by atoms with Crippen molar-refractivity contribution in [2.45, 2.75) is 57.6 Å². The van der Waals surface area contributed by atoms with E-state index >= 15 is 0 Å². The monoisotopic (exact) mass is 551 g/mol. The maximum absolute atomic E-state index is 14.0. The molecule has 0 aliphatic carbocycles. The van der Waals surface area contributed by atoms with Crippen LogP contribution < -0.4 is 14.4 Å². The molecule has 208 valence electrons. The van der Waals surface area contributed by atoms with Crippen LogP contribution in [0.1, 0.15) is 38.8 Å². The molecule has 0 saturated carbocycles. The third-order valence-corrected chi connectivity index (χ3v) is 7.88. The number of para-hydroxylation sites is 2. The smallest absolute Gasteiger partial charge is 0.264 e. The molecule has 3 rings (SSSR count). The molecule has 0 fully saturated rings. The summed E-state index contributed by atoms with van der Waals surface area (Å²) in [5.74, 6) is -0.566. The number of nitrogens with zero attached hydrogens (tertiary/aromatic N) is 2. The minimum atomic E-state index is -4.16. The minimum Gasteiger partial charge on any atom is -0.495 e. The highest BCUT2D eigenvalue weighted by Gasteiger charge is 2.34. The summed E-state index contributed by atoms with van der Waals surface area (Å²) >= 11 is 0. The zero-order valence-electron chi connectivity index (χ0n) is 23.3. The fourth-order valence-corrected chi connectivity index (χ4v) is 5.46. The molecule has 0 bridgehead atoms.